The number of nitrogens with zero attached hydrogens (tertiary/aromatic N) is 2. The van der Waals surface area contributed by atoms with Crippen molar-refractivity contribution < 1.29 is 0 Å². The molecule has 1 aromatic heterocycles. The van der Waals surface area contributed by atoms with Crippen molar-refractivity contribution in [3.63, 3.8) is 0 Å². The van der Waals surface area contributed by atoms with Crippen LogP contribution in [0.4, 0.5) is 11.6 Å². The van der Waals surface area contributed by atoms with Gasteiger partial charge in [-0.05, 0) is 25.2 Å². The predicted molar refractivity (Wildman–Crippen MR) is 78.0 cm³/mol. The summed E-state index contributed by atoms with van der Waals surface area (Å²) >= 11 is 0. The van der Waals surface area contributed by atoms with Gasteiger partial charge in [-0.15, -0.1) is 0 Å². The number of aromatic nitrogens is 2. The van der Waals surface area contributed by atoms with Crippen molar-refractivity contribution in [2.75, 3.05) is 23.7 Å². The molecule has 0 aromatic carbocycles. The summed E-state index contributed by atoms with van der Waals surface area (Å²) in [6, 6.07) is 0. The molecule has 0 atom stereocenters. The molecule has 0 aliphatic heterocycles. The van der Waals surface area contributed by atoms with E-state index in [9.17, 15) is 0 Å². The first kappa shape index (κ1) is 14.7. The molecule has 4 nitrogen and oxygen atoms in total. The maximum Gasteiger partial charge on any atom is 0.134 e. The maximum atomic E-state index is 4.32. The summed E-state index contributed by atoms with van der Waals surface area (Å²) < 4.78 is 0. The van der Waals surface area contributed by atoms with Crippen molar-refractivity contribution in [1.82, 2.24) is 9.97 Å². The van der Waals surface area contributed by atoms with Crippen molar-refractivity contribution in [2.24, 2.45) is 11.3 Å². The summed E-state index contributed by atoms with van der Waals surface area (Å²) in [5, 5.41) is 6.69. The Hall–Kier alpha value is -1.32. The van der Waals surface area contributed by atoms with Gasteiger partial charge in [-0.3, -0.25) is 0 Å². The minimum atomic E-state index is 0.246. The normalized spacial score (nSPS) is 11.7. The molecule has 1 rings (SSSR count). The first-order valence-electron chi connectivity index (χ1n) is 6.67. The molecule has 0 aliphatic rings. The van der Waals surface area contributed by atoms with Crippen molar-refractivity contribution in [2.45, 2.75) is 41.5 Å². The van der Waals surface area contributed by atoms with Crippen LogP contribution in [0.1, 0.15) is 40.2 Å². The topological polar surface area (TPSA) is 49.8 Å². The molecule has 0 amide bonds. The van der Waals surface area contributed by atoms with Crippen LogP contribution in [0.5, 0.6) is 0 Å². The Labute approximate surface area is 111 Å². The average molecular weight is 250 g/mol. The van der Waals surface area contributed by atoms with E-state index in [2.05, 4.69) is 55.2 Å². The molecule has 0 saturated heterocycles. The van der Waals surface area contributed by atoms with E-state index in [1.165, 1.54) is 0 Å². The third-order valence-electron chi connectivity index (χ3n) is 3.70. The fourth-order valence-electron chi connectivity index (χ4n) is 1.49. The fourth-order valence-corrected chi connectivity index (χ4v) is 1.49. The first-order chi connectivity index (χ1) is 8.38. The summed E-state index contributed by atoms with van der Waals surface area (Å²) in [4.78, 5) is 8.57. The van der Waals surface area contributed by atoms with Gasteiger partial charge >= 0.3 is 0 Å². The van der Waals surface area contributed by atoms with E-state index in [-0.39, 0.29) is 5.41 Å². The monoisotopic (exact) mass is 250 g/mol. The van der Waals surface area contributed by atoms with Gasteiger partial charge in [0.15, 0.2) is 0 Å². The lowest BCUT2D eigenvalue weighted by molar-refractivity contribution is 0.269. The van der Waals surface area contributed by atoms with Gasteiger partial charge in [-0.1, -0.05) is 27.7 Å². The summed E-state index contributed by atoms with van der Waals surface area (Å²) in [6.07, 6.45) is 1.61. The van der Waals surface area contributed by atoms with Crippen LogP contribution in [0.2, 0.25) is 0 Å². The first-order valence-corrected chi connectivity index (χ1v) is 6.67. The fraction of sp³-hybridized carbons (Fsp3) is 0.714. The molecule has 0 spiro atoms. The van der Waals surface area contributed by atoms with Gasteiger partial charge in [0, 0.05) is 18.7 Å². The van der Waals surface area contributed by atoms with E-state index in [1.54, 1.807) is 6.33 Å². The molecule has 0 bridgehead atoms. The summed E-state index contributed by atoms with van der Waals surface area (Å²) in [5.41, 5.74) is 1.33. The summed E-state index contributed by atoms with van der Waals surface area (Å²) in [6.45, 7) is 14.9. The maximum absolute atomic E-state index is 4.32. The predicted octanol–water partition coefficient (Wildman–Crippen LogP) is 3.31. The van der Waals surface area contributed by atoms with Crippen LogP contribution in [0.15, 0.2) is 6.33 Å². The highest BCUT2D eigenvalue weighted by atomic mass is 15.1. The third-order valence-corrected chi connectivity index (χ3v) is 3.70. The van der Waals surface area contributed by atoms with Gasteiger partial charge in [-0.2, -0.15) is 0 Å². The van der Waals surface area contributed by atoms with Gasteiger partial charge in [0.1, 0.15) is 18.0 Å². The van der Waals surface area contributed by atoms with Gasteiger partial charge in [0.25, 0.3) is 0 Å². The van der Waals surface area contributed by atoms with Crippen LogP contribution in [-0.4, -0.2) is 23.1 Å². The zero-order valence-electron chi connectivity index (χ0n) is 12.5. The number of anilines is 2. The molecular formula is C14H26N4. The van der Waals surface area contributed by atoms with Crippen LogP contribution in [0.25, 0.3) is 0 Å². The van der Waals surface area contributed by atoms with Gasteiger partial charge in [-0.25, -0.2) is 9.97 Å². The molecule has 1 heterocycles. The largest absolute Gasteiger partial charge is 0.370 e. The van der Waals surface area contributed by atoms with Crippen molar-refractivity contribution >= 4 is 11.6 Å². The van der Waals surface area contributed by atoms with Crippen LogP contribution in [0, 0.1) is 18.3 Å². The zero-order valence-corrected chi connectivity index (χ0v) is 12.5. The van der Waals surface area contributed by atoms with Gasteiger partial charge in [0.2, 0.25) is 0 Å². The van der Waals surface area contributed by atoms with E-state index in [0.29, 0.717) is 5.92 Å². The molecule has 1 aromatic rings. The number of nitrogens with one attached hydrogen (secondary N) is 2. The second-order valence-electron chi connectivity index (χ2n) is 5.72. The highest BCUT2D eigenvalue weighted by molar-refractivity contribution is 5.56. The van der Waals surface area contributed by atoms with E-state index >= 15 is 0 Å². The van der Waals surface area contributed by atoms with Crippen molar-refractivity contribution in [1.29, 1.82) is 0 Å². The van der Waals surface area contributed by atoms with E-state index in [0.717, 1.165) is 30.3 Å². The minimum Gasteiger partial charge on any atom is -0.370 e. The number of hydrogen-bond acceptors (Lipinski definition) is 4. The van der Waals surface area contributed by atoms with Crippen LogP contribution >= 0.6 is 0 Å². The highest BCUT2D eigenvalue weighted by Gasteiger charge is 2.22. The lowest BCUT2D eigenvalue weighted by Gasteiger charge is -2.30. The molecule has 0 aliphatic carbocycles. The quantitative estimate of drug-likeness (QED) is 0.813. The van der Waals surface area contributed by atoms with Crippen LogP contribution in [-0.2, 0) is 0 Å². The average Bonchev–Trinajstić information content (AvgIpc) is 2.30. The van der Waals surface area contributed by atoms with Gasteiger partial charge in [0.05, 0.1) is 0 Å². The standard InChI is InChI=1S/C14H26N4/c1-7-15-12-11(4)13(18-9-17-12)16-8-14(5,6)10(2)3/h9-10H,7-8H2,1-6H3,(H2,15,16,17,18). The van der Waals surface area contributed by atoms with Gasteiger partial charge < -0.3 is 10.6 Å². The molecule has 0 radical (unpaired) electrons. The smallest absolute Gasteiger partial charge is 0.134 e. The Morgan fingerprint density at radius 1 is 1.17 bits per heavy atom. The molecule has 4 heteroatoms. The third kappa shape index (κ3) is 3.59. The Bertz CT molecular complexity index is 385. The summed E-state index contributed by atoms with van der Waals surface area (Å²) in [7, 11) is 0. The molecule has 102 valence electrons. The zero-order chi connectivity index (χ0) is 13.8. The Morgan fingerprint density at radius 2 is 1.72 bits per heavy atom. The SMILES string of the molecule is CCNc1ncnc(NCC(C)(C)C(C)C)c1C. The Kier molecular flexibility index (Phi) is 4.93. The Morgan fingerprint density at radius 3 is 2.22 bits per heavy atom. The van der Waals surface area contributed by atoms with E-state index < -0.39 is 0 Å². The summed E-state index contributed by atoms with van der Waals surface area (Å²) in [5.74, 6) is 2.47. The second kappa shape index (κ2) is 6.03. The van der Waals surface area contributed by atoms with Crippen LogP contribution in [0.3, 0.4) is 0 Å². The van der Waals surface area contributed by atoms with Crippen molar-refractivity contribution in [3.8, 4) is 0 Å². The molecule has 2 N–H and O–H groups in total. The molecule has 0 unspecified atom stereocenters. The lowest BCUT2D eigenvalue weighted by atomic mass is 9.81. The number of hydrogen-bond donors (Lipinski definition) is 2. The Balaban J connectivity index is 2.77. The lowest BCUT2D eigenvalue weighted by Crippen LogP contribution is -2.29. The van der Waals surface area contributed by atoms with Crippen LogP contribution < -0.4 is 10.6 Å². The molecular weight excluding hydrogens is 224 g/mol. The van der Waals surface area contributed by atoms with E-state index in [4.69, 9.17) is 0 Å². The number of rotatable bonds is 6. The molecule has 18 heavy (non-hydrogen) atoms. The highest BCUT2D eigenvalue weighted by Crippen LogP contribution is 2.27. The molecule has 0 saturated carbocycles. The second-order valence-corrected chi connectivity index (χ2v) is 5.72. The minimum absolute atomic E-state index is 0.246. The molecule has 0 fully saturated rings. The van der Waals surface area contributed by atoms with Crippen molar-refractivity contribution in [3.05, 3.63) is 11.9 Å². The van der Waals surface area contributed by atoms with E-state index in [1.807, 2.05) is 6.92 Å².